The fourth-order valence-corrected chi connectivity index (χ4v) is 1.61. The second-order valence-corrected chi connectivity index (χ2v) is 5.26. The number of hydrogen-bond acceptors (Lipinski definition) is 8. The molecule has 148 valence electrons. The molecule has 0 saturated carbocycles. The zero-order chi connectivity index (χ0) is 20.4. The van der Waals surface area contributed by atoms with Gasteiger partial charge in [-0.15, -0.1) is 0 Å². The largest absolute Gasteiger partial charge is 0.481 e. The fraction of sp³-hybridized carbons (Fsp3) is 0.615. The third-order valence-corrected chi connectivity index (χ3v) is 3.09. The number of aliphatic hydroxyl groups excluding tert-OH is 2. The highest BCUT2D eigenvalue weighted by Crippen LogP contribution is 1.96. The van der Waals surface area contributed by atoms with E-state index < -0.39 is 73.5 Å². The first-order valence-corrected chi connectivity index (χ1v) is 7.36. The fourth-order valence-electron chi connectivity index (χ4n) is 1.61. The molecule has 13 nitrogen and oxygen atoms in total. The zero-order valence-electron chi connectivity index (χ0n) is 13.8. The average Bonchev–Trinajstić information content (AvgIpc) is 2.56. The van der Waals surface area contributed by atoms with E-state index in [9.17, 15) is 24.0 Å². The molecule has 0 unspecified atom stereocenters. The Labute approximate surface area is 147 Å². The Kier molecular flexibility index (Phi) is 9.80. The van der Waals surface area contributed by atoms with Crippen molar-refractivity contribution in [2.75, 3.05) is 13.2 Å². The number of carbonyl (C=O) groups excluding carboxylic acids is 3. The van der Waals surface area contributed by atoms with Crippen LogP contribution < -0.4 is 21.7 Å². The summed E-state index contributed by atoms with van der Waals surface area (Å²) in [6.45, 7) is -0.339. The molecule has 0 aromatic carbocycles. The molecule has 0 aromatic rings. The van der Waals surface area contributed by atoms with Crippen molar-refractivity contribution >= 4 is 29.7 Å². The Morgan fingerprint density at radius 3 is 1.81 bits per heavy atom. The number of amides is 3. The maximum atomic E-state index is 12.0. The van der Waals surface area contributed by atoms with Crippen LogP contribution >= 0.6 is 0 Å². The predicted molar refractivity (Wildman–Crippen MR) is 83.5 cm³/mol. The van der Waals surface area contributed by atoms with Crippen LogP contribution in [0.15, 0.2) is 0 Å². The smallest absolute Gasteiger partial charge is 0.326 e. The number of nitrogens with two attached hydrogens (primary N) is 1. The number of aliphatic hydroxyl groups is 2. The van der Waals surface area contributed by atoms with Crippen LogP contribution in [0.4, 0.5) is 0 Å². The zero-order valence-corrected chi connectivity index (χ0v) is 13.8. The first kappa shape index (κ1) is 23.2. The van der Waals surface area contributed by atoms with E-state index in [4.69, 9.17) is 26.2 Å². The molecule has 0 rings (SSSR count). The number of nitrogens with one attached hydrogen (secondary N) is 3. The number of rotatable bonds is 11. The topological polar surface area (TPSA) is 228 Å². The molecule has 0 bridgehead atoms. The van der Waals surface area contributed by atoms with E-state index in [0.29, 0.717) is 0 Å². The van der Waals surface area contributed by atoms with Crippen LogP contribution in [0, 0.1) is 0 Å². The van der Waals surface area contributed by atoms with Gasteiger partial charge in [-0.1, -0.05) is 0 Å². The van der Waals surface area contributed by atoms with E-state index in [1.807, 2.05) is 5.32 Å². The Hall–Kier alpha value is -2.77. The molecule has 0 heterocycles. The molecule has 0 spiro atoms. The molecule has 4 atom stereocenters. The molecule has 0 saturated heterocycles. The first-order valence-electron chi connectivity index (χ1n) is 7.36. The number of carboxylic acids is 2. The summed E-state index contributed by atoms with van der Waals surface area (Å²) in [5.41, 5.74) is 5.25. The second kappa shape index (κ2) is 11.0. The van der Waals surface area contributed by atoms with E-state index in [1.54, 1.807) is 0 Å². The van der Waals surface area contributed by atoms with Crippen molar-refractivity contribution < 1.29 is 44.4 Å². The molecule has 0 aliphatic heterocycles. The van der Waals surface area contributed by atoms with Crippen molar-refractivity contribution in [3.05, 3.63) is 0 Å². The lowest BCUT2D eigenvalue weighted by atomic mass is 10.2. The standard InChI is InChI=1S/C13H22N4O9/c1-5(10(22)16-7(13(25)26)2-9(20)21)15-12(24)8(4-19)17-11(23)6(14)3-18/h5-8,18-19H,2-4,14H2,1H3,(H,15,24)(H,16,22)(H,17,23)(H,20,21)(H,25,26)/t5-,6-,7-,8-/m0/s1. The summed E-state index contributed by atoms with van der Waals surface area (Å²) in [4.78, 5) is 56.8. The number of carboxylic acid groups (broad SMARTS) is 2. The maximum absolute atomic E-state index is 12.0. The van der Waals surface area contributed by atoms with Crippen molar-refractivity contribution in [1.82, 2.24) is 16.0 Å². The monoisotopic (exact) mass is 378 g/mol. The average molecular weight is 378 g/mol. The van der Waals surface area contributed by atoms with Gasteiger partial charge in [0.15, 0.2) is 0 Å². The van der Waals surface area contributed by atoms with Gasteiger partial charge in [-0.05, 0) is 6.92 Å². The number of hydrogen-bond donors (Lipinski definition) is 8. The summed E-state index contributed by atoms with van der Waals surface area (Å²) in [5, 5.41) is 41.5. The van der Waals surface area contributed by atoms with Gasteiger partial charge in [-0.25, -0.2) is 4.79 Å². The van der Waals surface area contributed by atoms with Gasteiger partial charge in [0.2, 0.25) is 17.7 Å². The van der Waals surface area contributed by atoms with Gasteiger partial charge in [0.1, 0.15) is 24.2 Å². The van der Waals surface area contributed by atoms with Crippen molar-refractivity contribution in [1.29, 1.82) is 0 Å². The summed E-state index contributed by atoms with van der Waals surface area (Å²) >= 11 is 0. The molecule has 0 aliphatic carbocycles. The second-order valence-electron chi connectivity index (χ2n) is 5.26. The van der Waals surface area contributed by atoms with E-state index in [-0.39, 0.29) is 0 Å². The van der Waals surface area contributed by atoms with Gasteiger partial charge in [0.25, 0.3) is 0 Å². The Morgan fingerprint density at radius 1 is 0.846 bits per heavy atom. The van der Waals surface area contributed by atoms with Crippen LogP contribution in [0.1, 0.15) is 13.3 Å². The van der Waals surface area contributed by atoms with Gasteiger partial charge in [0, 0.05) is 0 Å². The Balaban J connectivity index is 4.79. The molecule has 3 amide bonds. The molecule has 0 aromatic heterocycles. The lowest BCUT2D eigenvalue weighted by molar-refractivity contribution is -0.147. The minimum absolute atomic E-state index is 0.690. The summed E-state index contributed by atoms with van der Waals surface area (Å²) in [6, 6.07) is -5.78. The quantitative estimate of drug-likeness (QED) is 0.171. The summed E-state index contributed by atoms with van der Waals surface area (Å²) in [7, 11) is 0. The Morgan fingerprint density at radius 2 is 1.38 bits per heavy atom. The van der Waals surface area contributed by atoms with Crippen LogP contribution in [-0.4, -0.2) is 87.5 Å². The van der Waals surface area contributed by atoms with Gasteiger partial charge >= 0.3 is 11.9 Å². The van der Waals surface area contributed by atoms with Crippen LogP contribution in [0.2, 0.25) is 0 Å². The third-order valence-electron chi connectivity index (χ3n) is 3.09. The van der Waals surface area contributed by atoms with Gasteiger partial charge in [0.05, 0.1) is 19.6 Å². The lowest BCUT2D eigenvalue weighted by Crippen LogP contribution is -2.57. The van der Waals surface area contributed by atoms with Gasteiger partial charge in [-0.3, -0.25) is 19.2 Å². The maximum Gasteiger partial charge on any atom is 0.326 e. The van der Waals surface area contributed by atoms with Crippen LogP contribution in [-0.2, 0) is 24.0 Å². The SMILES string of the molecule is C[C@H](NC(=O)[C@H](CO)NC(=O)[C@@H](N)CO)C(=O)N[C@@H](CC(=O)O)C(=O)O. The molecule has 0 fully saturated rings. The highest BCUT2D eigenvalue weighted by atomic mass is 16.4. The van der Waals surface area contributed by atoms with Crippen LogP contribution in [0.5, 0.6) is 0 Å². The van der Waals surface area contributed by atoms with Crippen molar-refractivity contribution in [2.45, 2.75) is 37.5 Å². The minimum atomic E-state index is -1.70. The van der Waals surface area contributed by atoms with Crippen LogP contribution in [0.25, 0.3) is 0 Å². The van der Waals surface area contributed by atoms with Crippen LogP contribution in [0.3, 0.4) is 0 Å². The molecule has 0 radical (unpaired) electrons. The predicted octanol–water partition coefficient (Wildman–Crippen LogP) is -4.67. The molecule has 9 N–H and O–H groups in total. The molecular weight excluding hydrogens is 356 g/mol. The lowest BCUT2D eigenvalue weighted by Gasteiger charge is -2.21. The third kappa shape index (κ3) is 7.87. The highest BCUT2D eigenvalue weighted by Gasteiger charge is 2.28. The summed E-state index contributed by atoms with van der Waals surface area (Å²) in [5.74, 6) is -5.89. The van der Waals surface area contributed by atoms with E-state index in [0.717, 1.165) is 0 Å². The van der Waals surface area contributed by atoms with Crippen molar-refractivity contribution in [2.24, 2.45) is 5.73 Å². The van der Waals surface area contributed by atoms with Crippen molar-refractivity contribution in [3.8, 4) is 0 Å². The normalized spacial score (nSPS) is 15.1. The number of aliphatic carboxylic acids is 2. The molecule has 0 aliphatic rings. The molecule has 13 heteroatoms. The highest BCUT2D eigenvalue weighted by molar-refractivity contribution is 5.94. The van der Waals surface area contributed by atoms with Crippen molar-refractivity contribution in [3.63, 3.8) is 0 Å². The summed E-state index contributed by atoms with van der Waals surface area (Å²) in [6.07, 6.45) is -0.865. The first-order chi connectivity index (χ1) is 12.0. The number of carbonyl (C=O) groups is 5. The summed E-state index contributed by atoms with van der Waals surface area (Å²) < 4.78 is 0. The van der Waals surface area contributed by atoms with E-state index >= 15 is 0 Å². The molecule has 26 heavy (non-hydrogen) atoms. The Bertz CT molecular complexity index is 554. The van der Waals surface area contributed by atoms with Gasteiger partial charge < -0.3 is 42.1 Å². The van der Waals surface area contributed by atoms with E-state index in [1.165, 1.54) is 6.92 Å². The van der Waals surface area contributed by atoms with E-state index in [2.05, 4.69) is 10.6 Å². The molecular formula is C13H22N4O9. The minimum Gasteiger partial charge on any atom is -0.481 e. The van der Waals surface area contributed by atoms with Gasteiger partial charge in [-0.2, -0.15) is 0 Å².